The highest BCUT2D eigenvalue weighted by Crippen LogP contribution is 2.19. The van der Waals surface area contributed by atoms with E-state index in [-0.39, 0.29) is 0 Å². The van der Waals surface area contributed by atoms with Crippen LogP contribution in [0.2, 0.25) is 0 Å². The van der Waals surface area contributed by atoms with Crippen molar-refractivity contribution >= 4 is 41.6 Å². The summed E-state index contributed by atoms with van der Waals surface area (Å²) in [5.41, 5.74) is 6.87. The Morgan fingerprint density at radius 1 is 1.40 bits per heavy atom. The average Bonchev–Trinajstić information content (AvgIpc) is 2.24. The molecule has 0 aliphatic rings. The average molecular weight is 237 g/mol. The van der Waals surface area contributed by atoms with Crippen molar-refractivity contribution in [1.82, 2.24) is 9.55 Å². The van der Waals surface area contributed by atoms with Gasteiger partial charge in [0.2, 0.25) is 4.77 Å². The number of nitrogen functional groups attached to an aromatic ring is 1. The summed E-state index contributed by atoms with van der Waals surface area (Å²) in [6, 6.07) is 7.72. The fraction of sp³-hybridized carbons (Fsp3) is 0.200. The van der Waals surface area contributed by atoms with Gasteiger partial charge in [-0.15, -0.1) is 0 Å². The van der Waals surface area contributed by atoms with Crippen molar-refractivity contribution < 1.29 is 0 Å². The first-order valence-corrected chi connectivity index (χ1v) is 5.64. The first-order chi connectivity index (χ1) is 7.24. The maximum absolute atomic E-state index is 6.03. The van der Waals surface area contributed by atoms with Gasteiger partial charge in [0.1, 0.15) is 5.82 Å². The molecule has 0 bridgehead atoms. The molecule has 0 aliphatic carbocycles. The number of aromatic nitrogens is 2. The van der Waals surface area contributed by atoms with Gasteiger partial charge in [-0.2, -0.15) is 12.6 Å². The summed E-state index contributed by atoms with van der Waals surface area (Å²) < 4.78 is 2.32. The maximum Gasteiger partial charge on any atom is 0.201 e. The summed E-state index contributed by atoms with van der Waals surface area (Å²) >= 11 is 9.34. The lowest BCUT2D eigenvalue weighted by Gasteiger charge is -2.10. The Balaban J connectivity index is 2.78. The minimum Gasteiger partial charge on any atom is -0.384 e. The van der Waals surface area contributed by atoms with Crippen LogP contribution in [0.3, 0.4) is 0 Å². The predicted molar refractivity (Wildman–Crippen MR) is 68.8 cm³/mol. The largest absolute Gasteiger partial charge is 0.384 e. The third-order valence-corrected chi connectivity index (χ3v) is 2.75. The molecule has 0 spiro atoms. The van der Waals surface area contributed by atoms with E-state index in [1.165, 1.54) is 0 Å². The zero-order valence-electron chi connectivity index (χ0n) is 8.05. The fourth-order valence-corrected chi connectivity index (χ4v) is 2.00. The molecule has 2 N–H and O–H groups in total. The van der Waals surface area contributed by atoms with Gasteiger partial charge >= 0.3 is 0 Å². The van der Waals surface area contributed by atoms with Gasteiger partial charge in [0, 0.05) is 17.7 Å². The number of hydrogen-bond acceptors (Lipinski definition) is 4. The molecule has 5 heteroatoms. The van der Waals surface area contributed by atoms with Crippen LogP contribution < -0.4 is 5.73 Å². The van der Waals surface area contributed by atoms with Crippen LogP contribution in [0.25, 0.3) is 10.9 Å². The van der Waals surface area contributed by atoms with Crippen molar-refractivity contribution in [3.05, 3.63) is 29.0 Å². The van der Waals surface area contributed by atoms with Crippen molar-refractivity contribution in [1.29, 1.82) is 0 Å². The van der Waals surface area contributed by atoms with E-state index in [0.717, 1.165) is 10.9 Å². The smallest absolute Gasteiger partial charge is 0.201 e. The van der Waals surface area contributed by atoms with Gasteiger partial charge in [-0.05, 0) is 24.4 Å². The van der Waals surface area contributed by atoms with E-state index in [9.17, 15) is 0 Å². The highest BCUT2D eigenvalue weighted by molar-refractivity contribution is 7.80. The lowest BCUT2D eigenvalue weighted by atomic mass is 10.2. The van der Waals surface area contributed by atoms with Gasteiger partial charge in [0.05, 0.1) is 5.52 Å². The third-order valence-electron chi connectivity index (χ3n) is 2.24. The standard InChI is InChI=1S/C10H11N3S2/c11-9-7-3-1-2-4-8(7)12-10(15)13(9)5-6-14/h1-4,14H,5-6,11H2. The Kier molecular flexibility index (Phi) is 2.93. The van der Waals surface area contributed by atoms with Gasteiger partial charge in [0.15, 0.2) is 0 Å². The number of benzene rings is 1. The molecule has 2 rings (SSSR count). The molecule has 1 aromatic carbocycles. The van der Waals surface area contributed by atoms with Gasteiger partial charge in [-0.3, -0.25) is 0 Å². The van der Waals surface area contributed by atoms with E-state index in [1.54, 1.807) is 0 Å². The molecule has 0 unspecified atom stereocenters. The van der Waals surface area contributed by atoms with E-state index in [4.69, 9.17) is 18.0 Å². The number of para-hydroxylation sites is 1. The van der Waals surface area contributed by atoms with Crippen molar-refractivity contribution in [3.8, 4) is 0 Å². The molecule has 0 saturated heterocycles. The number of thiol groups is 1. The number of anilines is 1. The number of hydrogen-bond donors (Lipinski definition) is 2. The highest BCUT2D eigenvalue weighted by Gasteiger charge is 2.04. The molecule has 0 fully saturated rings. The van der Waals surface area contributed by atoms with E-state index >= 15 is 0 Å². The van der Waals surface area contributed by atoms with Gasteiger partial charge < -0.3 is 10.3 Å². The Hall–Kier alpha value is -1.07. The summed E-state index contributed by atoms with van der Waals surface area (Å²) in [6.45, 7) is 0.686. The van der Waals surface area contributed by atoms with Crippen LogP contribution in [-0.2, 0) is 6.54 Å². The Morgan fingerprint density at radius 2 is 2.13 bits per heavy atom. The van der Waals surface area contributed by atoms with Crippen molar-refractivity contribution in [2.75, 3.05) is 11.5 Å². The highest BCUT2D eigenvalue weighted by atomic mass is 32.1. The molecule has 0 aliphatic heterocycles. The Labute approximate surface area is 98.3 Å². The summed E-state index contributed by atoms with van der Waals surface area (Å²) in [4.78, 5) is 4.32. The van der Waals surface area contributed by atoms with E-state index in [2.05, 4.69) is 17.6 Å². The van der Waals surface area contributed by atoms with Crippen LogP contribution in [0.4, 0.5) is 5.82 Å². The molecule has 0 radical (unpaired) electrons. The quantitative estimate of drug-likeness (QED) is 0.622. The Bertz CT molecular complexity index is 548. The van der Waals surface area contributed by atoms with Crippen LogP contribution in [0.1, 0.15) is 0 Å². The third kappa shape index (κ3) is 1.85. The minimum atomic E-state index is 0.514. The predicted octanol–water partition coefficient (Wildman–Crippen LogP) is 2.28. The SMILES string of the molecule is Nc1c2ccccc2nc(=S)n1CCS. The molecule has 15 heavy (non-hydrogen) atoms. The minimum absolute atomic E-state index is 0.514. The van der Waals surface area contributed by atoms with Gasteiger partial charge in [0.25, 0.3) is 0 Å². The van der Waals surface area contributed by atoms with Gasteiger partial charge in [-0.25, -0.2) is 4.98 Å². The van der Waals surface area contributed by atoms with Crippen LogP contribution in [0, 0.1) is 4.77 Å². The summed E-state index contributed by atoms with van der Waals surface area (Å²) in [5, 5.41) is 0.938. The van der Waals surface area contributed by atoms with Crippen molar-refractivity contribution in [2.45, 2.75) is 6.54 Å². The number of nitrogens with zero attached hydrogens (tertiary/aromatic N) is 2. The maximum atomic E-state index is 6.03. The molecule has 3 nitrogen and oxygen atoms in total. The van der Waals surface area contributed by atoms with Crippen LogP contribution >= 0.6 is 24.8 Å². The second-order valence-corrected chi connectivity index (χ2v) is 3.98. The molecule has 1 aromatic heterocycles. The van der Waals surface area contributed by atoms with Crippen molar-refractivity contribution in [3.63, 3.8) is 0 Å². The number of fused-ring (bicyclic) bond motifs is 1. The zero-order valence-corrected chi connectivity index (χ0v) is 9.76. The number of rotatable bonds is 2. The first kappa shape index (κ1) is 10.4. The van der Waals surface area contributed by atoms with Crippen molar-refractivity contribution in [2.24, 2.45) is 0 Å². The van der Waals surface area contributed by atoms with Crippen LogP contribution in [0.15, 0.2) is 24.3 Å². The molecule has 1 heterocycles. The molecular weight excluding hydrogens is 226 g/mol. The van der Waals surface area contributed by atoms with E-state index < -0.39 is 0 Å². The molecule has 2 aromatic rings. The monoisotopic (exact) mass is 237 g/mol. The van der Waals surface area contributed by atoms with Crippen LogP contribution in [0.5, 0.6) is 0 Å². The molecule has 0 amide bonds. The molecular formula is C10H11N3S2. The first-order valence-electron chi connectivity index (χ1n) is 4.60. The van der Waals surface area contributed by atoms with E-state index in [0.29, 0.717) is 22.9 Å². The molecule has 0 saturated carbocycles. The normalized spacial score (nSPS) is 10.7. The molecule has 0 atom stereocenters. The second kappa shape index (κ2) is 4.20. The summed E-state index contributed by atoms with van der Waals surface area (Å²) in [7, 11) is 0. The lowest BCUT2D eigenvalue weighted by Crippen LogP contribution is -2.10. The summed E-state index contributed by atoms with van der Waals surface area (Å²) in [5.74, 6) is 1.36. The lowest BCUT2D eigenvalue weighted by molar-refractivity contribution is 0.751. The Morgan fingerprint density at radius 3 is 2.87 bits per heavy atom. The van der Waals surface area contributed by atoms with E-state index in [1.807, 2.05) is 28.8 Å². The second-order valence-electron chi connectivity index (χ2n) is 3.17. The topological polar surface area (TPSA) is 43.8 Å². The fourth-order valence-electron chi connectivity index (χ4n) is 1.52. The van der Waals surface area contributed by atoms with Gasteiger partial charge in [-0.1, -0.05) is 12.1 Å². The number of nitrogens with two attached hydrogens (primary N) is 1. The summed E-state index contributed by atoms with van der Waals surface area (Å²) in [6.07, 6.45) is 0. The zero-order chi connectivity index (χ0) is 10.8. The van der Waals surface area contributed by atoms with Crippen LogP contribution in [-0.4, -0.2) is 15.3 Å². The molecule has 78 valence electrons.